The summed E-state index contributed by atoms with van der Waals surface area (Å²) in [5.74, 6) is 0. The zero-order valence-corrected chi connectivity index (χ0v) is 11.9. The molecule has 23 heavy (non-hydrogen) atoms. The maximum Gasteiger partial charge on any atom is 0.269 e. The highest BCUT2D eigenvalue weighted by Gasteiger charge is 2.10. The van der Waals surface area contributed by atoms with Crippen molar-refractivity contribution >= 4 is 22.7 Å². The maximum atomic E-state index is 10.6. The minimum atomic E-state index is -0.557. The Morgan fingerprint density at radius 3 is 1.43 bits per heavy atom. The summed E-state index contributed by atoms with van der Waals surface area (Å²) in [6.45, 7) is -0.256. The van der Waals surface area contributed by atoms with Crippen molar-refractivity contribution in [3.05, 3.63) is 68.8 Å². The number of nitro benzene ring substituents is 2. The number of rotatable bonds is 7. The van der Waals surface area contributed by atoms with Crippen LogP contribution in [0.3, 0.4) is 0 Å². The van der Waals surface area contributed by atoms with Gasteiger partial charge in [-0.1, -0.05) is 0 Å². The number of hydrogen-bond donors (Lipinski definition) is 3. The van der Waals surface area contributed by atoms with Crippen LogP contribution in [-0.4, -0.2) is 27.7 Å². The van der Waals surface area contributed by atoms with Crippen molar-refractivity contribution in [2.75, 3.05) is 17.2 Å². The predicted octanol–water partition coefficient (Wildman–Crippen LogP) is 2.35. The van der Waals surface area contributed by atoms with Gasteiger partial charge in [0.2, 0.25) is 0 Å². The van der Waals surface area contributed by atoms with E-state index >= 15 is 0 Å². The summed E-state index contributed by atoms with van der Waals surface area (Å²) in [7, 11) is 0. The van der Waals surface area contributed by atoms with E-state index in [1.165, 1.54) is 48.5 Å². The first-order chi connectivity index (χ1) is 11.0. The van der Waals surface area contributed by atoms with Crippen molar-refractivity contribution in [2.45, 2.75) is 6.17 Å². The molecule has 0 radical (unpaired) electrons. The van der Waals surface area contributed by atoms with Crippen LogP contribution in [0.25, 0.3) is 0 Å². The number of aliphatic hydroxyl groups is 1. The Morgan fingerprint density at radius 2 is 1.17 bits per heavy atom. The summed E-state index contributed by atoms with van der Waals surface area (Å²) in [4.78, 5) is 20.2. The SMILES string of the molecule is O=[N+]([O-])c1ccc(NC(CO)Nc2ccc([N+](=O)[O-])cc2)cc1. The molecular formula is C14H14N4O5. The molecule has 0 aromatic heterocycles. The normalized spacial score (nSPS) is 10.3. The first-order valence-electron chi connectivity index (χ1n) is 6.62. The molecule has 0 heterocycles. The molecule has 0 saturated heterocycles. The van der Waals surface area contributed by atoms with Gasteiger partial charge in [0.15, 0.2) is 0 Å². The lowest BCUT2D eigenvalue weighted by Crippen LogP contribution is -2.32. The average molecular weight is 318 g/mol. The molecule has 0 saturated carbocycles. The van der Waals surface area contributed by atoms with Crippen LogP contribution < -0.4 is 10.6 Å². The number of anilines is 2. The number of aliphatic hydroxyl groups excluding tert-OH is 1. The first kappa shape index (κ1) is 16.2. The molecule has 2 rings (SSSR count). The Balaban J connectivity index is 2.02. The molecule has 0 bridgehead atoms. The Morgan fingerprint density at radius 1 is 0.826 bits per heavy atom. The molecule has 0 aliphatic heterocycles. The lowest BCUT2D eigenvalue weighted by Gasteiger charge is -2.20. The summed E-state index contributed by atoms with van der Waals surface area (Å²) in [5.41, 5.74) is 1.12. The molecule has 0 fully saturated rings. The smallest absolute Gasteiger partial charge is 0.269 e. The van der Waals surface area contributed by atoms with Crippen molar-refractivity contribution in [2.24, 2.45) is 0 Å². The third kappa shape index (κ3) is 4.38. The second kappa shape index (κ2) is 7.18. The minimum absolute atomic E-state index is 0.0283. The number of hydrogen-bond acceptors (Lipinski definition) is 7. The molecule has 0 amide bonds. The standard InChI is InChI=1S/C14H14N4O5/c19-9-14(15-10-1-5-12(6-2-10)17(20)21)16-11-3-7-13(8-4-11)18(22)23/h1-8,14-16,19H,9H2. The van der Waals surface area contributed by atoms with Gasteiger partial charge < -0.3 is 15.7 Å². The van der Waals surface area contributed by atoms with Gasteiger partial charge in [0, 0.05) is 35.6 Å². The number of benzene rings is 2. The van der Waals surface area contributed by atoms with Gasteiger partial charge in [-0.25, -0.2) is 0 Å². The highest BCUT2D eigenvalue weighted by Crippen LogP contribution is 2.18. The van der Waals surface area contributed by atoms with Crippen LogP contribution in [0.4, 0.5) is 22.7 Å². The summed E-state index contributed by atoms with van der Waals surface area (Å²) in [5, 5.41) is 36.5. The van der Waals surface area contributed by atoms with E-state index in [0.29, 0.717) is 11.4 Å². The fourth-order valence-electron chi connectivity index (χ4n) is 1.89. The van der Waals surface area contributed by atoms with Crippen LogP contribution >= 0.6 is 0 Å². The lowest BCUT2D eigenvalue weighted by molar-refractivity contribution is -0.385. The quantitative estimate of drug-likeness (QED) is 0.405. The van der Waals surface area contributed by atoms with Crippen LogP contribution in [0.2, 0.25) is 0 Å². The second-order valence-electron chi connectivity index (χ2n) is 4.63. The first-order valence-corrected chi connectivity index (χ1v) is 6.62. The summed E-state index contributed by atoms with van der Waals surface area (Å²) < 4.78 is 0. The van der Waals surface area contributed by atoms with E-state index in [-0.39, 0.29) is 18.0 Å². The van der Waals surface area contributed by atoms with Crippen LogP contribution in [0.15, 0.2) is 48.5 Å². The highest BCUT2D eigenvalue weighted by atomic mass is 16.6. The number of non-ortho nitro benzene ring substituents is 2. The van der Waals surface area contributed by atoms with Crippen LogP contribution in [0.1, 0.15) is 0 Å². The zero-order valence-electron chi connectivity index (χ0n) is 11.9. The van der Waals surface area contributed by atoms with Crippen molar-refractivity contribution in [1.82, 2.24) is 0 Å². The molecule has 120 valence electrons. The van der Waals surface area contributed by atoms with Crippen molar-refractivity contribution in [3.8, 4) is 0 Å². The Bertz CT molecular complexity index is 628. The Labute approximate surface area is 130 Å². The van der Waals surface area contributed by atoms with Gasteiger partial charge in [-0.3, -0.25) is 20.2 Å². The second-order valence-corrected chi connectivity index (χ2v) is 4.63. The molecule has 9 heteroatoms. The Kier molecular flexibility index (Phi) is 5.05. The van der Waals surface area contributed by atoms with Gasteiger partial charge in [-0.15, -0.1) is 0 Å². The van der Waals surface area contributed by atoms with Crippen LogP contribution in [0, 0.1) is 20.2 Å². The van der Waals surface area contributed by atoms with E-state index in [2.05, 4.69) is 10.6 Å². The third-order valence-electron chi connectivity index (χ3n) is 3.02. The van der Waals surface area contributed by atoms with Gasteiger partial charge in [0.25, 0.3) is 11.4 Å². The molecule has 0 aliphatic carbocycles. The van der Waals surface area contributed by atoms with Gasteiger partial charge >= 0.3 is 0 Å². The van der Waals surface area contributed by atoms with Crippen molar-refractivity contribution < 1.29 is 15.0 Å². The highest BCUT2D eigenvalue weighted by molar-refractivity contribution is 5.53. The largest absolute Gasteiger partial charge is 0.392 e. The molecule has 0 unspecified atom stereocenters. The predicted molar refractivity (Wildman–Crippen MR) is 84.3 cm³/mol. The van der Waals surface area contributed by atoms with Gasteiger partial charge in [0.1, 0.15) is 6.17 Å². The maximum absolute atomic E-state index is 10.6. The molecule has 3 N–H and O–H groups in total. The fourth-order valence-corrected chi connectivity index (χ4v) is 1.89. The number of nitrogens with one attached hydrogen (secondary N) is 2. The summed E-state index contributed by atoms with van der Waals surface area (Å²) in [6.07, 6.45) is -0.557. The van der Waals surface area contributed by atoms with Gasteiger partial charge in [-0.05, 0) is 24.3 Å². The Hall–Kier alpha value is -3.20. The third-order valence-corrected chi connectivity index (χ3v) is 3.02. The average Bonchev–Trinajstić information content (AvgIpc) is 2.55. The van der Waals surface area contributed by atoms with Crippen LogP contribution in [-0.2, 0) is 0 Å². The van der Waals surface area contributed by atoms with E-state index in [4.69, 9.17) is 0 Å². The molecule has 2 aromatic carbocycles. The molecule has 0 spiro atoms. The van der Waals surface area contributed by atoms with Gasteiger partial charge in [-0.2, -0.15) is 0 Å². The zero-order chi connectivity index (χ0) is 16.8. The topological polar surface area (TPSA) is 131 Å². The van der Waals surface area contributed by atoms with Crippen LogP contribution in [0.5, 0.6) is 0 Å². The van der Waals surface area contributed by atoms with Crippen molar-refractivity contribution in [1.29, 1.82) is 0 Å². The minimum Gasteiger partial charge on any atom is -0.392 e. The molecule has 0 atom stereocenters. The van der Waals surface area contributed by atoms with E-state index in [9.17, 15) is 25.3 Å². The lowest BCUT2D eigenvalue weighted by atomic mass is 10.2. The monoisotopic (exact) mass is 318 g/mol. The summed E-state index contributed by atoms with van der Waals surface area (Å²) >= 11 is 0. The molecule has 0 aliphatic rings. The van der Waals surface area contributed by atoms with Crippen molar-refractivity contribution in [3.63, 3.8) is 0 Å². The summed E-state index contributed by atoms with van der Waals surface area (Å²) in [6, 6.07) is 11.5. The van der Waals surface area contributed by atoms with E-state index in [0.717, 1.165) is 0 Å². The fraction of sp³-hybridized carbons (Fsp3) is 0.143. The molecular weight excluding hydrogens is 304 g/mol. The van der Waals surface area contributed by atoms with Gasteiger partial charge in [0.05, 0.1) is 16.5 Å². The van der Waals surface area contributed by atoms with E-state index < -0.39 is 16.0 Å². The molecule has 9 nitrogen and oxygen atoms in total. The number of nitrogens with zero attached hydrogens (tertiary/aromatic N) is 2. The van der Waals surface area contributed by atoms with E-state index in [1.54, 1.807) is 0 Å². The molecule has 2 aromatic rings. The number of nitro groups is 2. The van der Waals surface area contributed by atoms with E-state index in [1.807, 2.05) is 0 Å².